The van der Waals surface area contributed by atoms with Gasteiger partial charge in [-0.1, -0.05) is 6.92 Å². The predicted octanol–water partition coefficient (Wildman–Crippen LogP) is 14.1. The van der Waals surface area contributed by atoms with Crippen LogP contribution in [0.3, 0.4) is 0 Å². The molecule has 6 aromatic heterocycles. The number of aromatic nitrogens is 9. The van der Waals surface area contributed by atoms with Crippen LogP contribution in [0, 0.1) is 55.7 Å². The molecule has 33 heteroatoms. The molecule has 12 heterocycles. The van der Waals surface area contributed by atoms with E-state index in [1.165, 1.54) is 55.4 Å². The summed E-state index contributed by atoms with van der Waals surface area (Å²) in [4.78, 5) is 90.5. The lowest BCUT2D eigenvalue weighted by Crippen LogP contribution is -2.46. The summed E-state index contributed by atoms with van der Waals surface area (Å²) in [5.41, 5.74) is 7.39. The van der Waals surface area contributed by atoms with E-state index in [-0.39, 0.29) is 104 Å². The monoisotopic (exact) mass is 1600 g/mol. The van der Waals surface area contributed by atoms with Crippen LogP contribution in [0.4, 0.5) is 77.9 Å². The average Bonchev–Trinajstić information content (AvgIpc) is 1.76. The molecule has 0 saturated carbocycles. The number of hydrogen-bond donors (Lipinski definition) is 7. The average molecular weight is 1600 g/mol. The Bertz CT molecular complexity index is 5710. The highest BCUT2D eigenvalue weighted by Gasteiger charge is 2.35. The number of likely N-dealkylation sites (tertiary alicyclic amines) is 3. The standard InChI is InChI=1S/C29H31F2N7O2.C28H29F2N7O2.C27H27F2N7O2/c1-3-36-11-13-37(14-12-36)23-7-5-19(16-21(23)30)35-27-25(29(39)38-9-4-10-38)28(33-17-32-27)40-24-8-6-22-20(26(24)31)15-18(2)34-22;1-17-14-19-21(33-17)5-7-23(25(19)30)39-27-24(28(38)37-8-3-9-37)26(31-16-32-27)34-18-4-6-22(20(29)15-18)36-12-10-35(2)11-13-36;1-16-13-18-20(33-16)4-6-22(24(18)29)38-26-23(27(37)36-9-2-10-36)25(31-15-32-26)34-17-3-5-21(19(28)14-17)35-11-7-30-8-12-35/h5-8,15-17,34H,3-4,9-14H2,1-2H3,(H,32,33,35);4-7,14-16,33H,3,8-13H2,1-2H3,(H,31,32,34);3-6,13-15,30,33H,2,7-12H2,1H3,(H,31,32,34). The van der Waals surface area contributed by atoms with Gasteiger partial charge in [0.1, 0.15) is 53.1 Å². The summed E-state index contributed by atoms with van der Waals surface area (Å²) in [5.74, 6) is -3.79. The molecule has 27 nitrogen and oxygen atoms in total. The number of carbonyl (C=O) groups is 3. The lowest BCUT2D eigenvalue weighted by Gasteiger charge is -2.35. The number of aromatic amines is 3. The smallest absolute Gasteiger partial charge is 0.263 e. The Kier molecular flexibility index (Phi) is 22.7. The summed E-state index contributed by atoms with van der Waals surface area (Å²) in [6.45, 7) is 21.7. The van der Waals surface area contributed by atoms with Crippen molar-refractivity contribution < 1.29 is 54.9 Å². The summed E-state index contributed by atoms with van der Waals surface area (Å²) < 4.78 is 109. The molecular weight excluding hydrogens is 1510 g/mol. The third-order valence-corrected chi connectivity index (χ3v) is 21.7. The highest BCUT2D eigenvalue weighted by atomic mass is 19.1. The maximum absolute atomic E-state index is 15.3. The lowest BCUT2D eigenvalue weighted by molar-refractivity contribution is 0.0641. The zero-order chi connectivity index (χ0) is 81.1. The number of nitrogens with one attached hydrogen (secondary N) is 7. The number of nitrogens with zero attached hydrogens (tertiary/aromatic N) is 14. The summed E-state index contributed by atoms with van der Waals surface area (Å²) in [6.07, 6.45) is 6.35. The first-order valence-corrected chi connectivity index (χ1v) is 39.1. The quantitative estimate of drug-likeness (QED) is 0.0371. The van der Waals surface area contributed by atoms with Crippen molar-refractivity contribution in [2.24, 2.45) is 0 Å². The van der Waals surface area contributed by atoms with E-state index in [9.17, 15) is 14.4 Å². The molecule has 3 amide bonds. The molecule has 6 saturated heterocycles. The molecule has 606 valence electrons. The number of anilines is 9. The molecule has 117 heavy (non-hydrogen) atoms. The van der Waals surface area contributed by atoms with E-state index < -0.39 is 17.5 Å². The Balaban J connectivity index is 0.000000131. The molecule has 0 spiro atoms. The maximum atomic E-state index is 15.3. The van der Waals surface area contributed by atoms with Gasteiger partial charge >= 0.3 is 0 Å². The second-order valence-electron chi connectivity index (χ2n) is 29.6. The van der Waals surface area contributed by atoms with E-state index in [0.717, 1.165) is 121 Å². The van der Waals surface area contributed by atoms with Crippen LogP contribution >= 0.6 is 0 Å². The first kappa shape index (κ1) is 78.2. The van der Waals surface area contributed by atoms with Crippen LogP contribution in [-0.4, -0.2) is 218 Å². The van der Waals surface area contributed by atoms with Crippen molar-refractivity contribution in [2.45, 2.75) is 47.0 Å². The Morgan fingerprint density at radius 1 is 0.393 bits per heavy atom. The fourth-order valence-electron chi connectivity index (χ4n) is 14.8. The van der Waals surface area contributed by atoms with E-state index in [4.69, 9.17) is 14.2 Å². The van der Waals surface area contributed by atoms with Gasteiger partial charge < -0.3 is 89.6 Å². The van der Waals surface area contributed by atoms with Crippen molar-refractivity contribution in [3.8, 4) is 34.9 Å². The number of amides is 3. The van der Waals surface area contributed by atoms with Crippen molar-refractivity contribution in [1.82, 2.24) is 74.7 Å². The number of ether oxygens (including phenoxy) is 3. The molecule has 12 aromatic rings. The van der Waals surface area contributed by atoms with Crippen molar-refractivity contribution in [1.29, 1.82) is 0 Å². The van der Waals surface area contributed by atoms with Gasteiger partial charge in [0.2, 0.25) is 17.6 Å². The third-order valence-electron chi connectivity index (χ3n) is 21.7. The number of halogens is 6. The fourth-order valence-corrected chi connectivity index (χ4v) is 14.8. The number of H-pyrrole nitrogens is 3. The van der Waals surface area contributed by atoms with Crippen molar-refractivity contribution in [2.75, 3.05) is 162 Å². The Hall–Kier alpha value is -12.8. The van der Waals surface area contributed by atoms with E-state index in [1.807, 2.05) is 42.5 Å². The zero-order valence-electron chi connectivity index (χ0n) is 65.2. The van der Waals surface area contributed by atoms with Gasteiger partial charge in [-0.2, -0.15) is 0 Å². The minimum Gasteiger partial charge on any atom is -0.435 e. The van der Waals surface area contributed by atoms with E-state index in [2.05, 4.69) is 82.8 Å². The van der Waals surface area contributed by atoms with Crippen LogP contribution in [0.15, 0.2) is 128 Å². The molecule has 0 aliphatic carbocycles. The van der Waals surface area contributed by atoms with Crippen molar-refractivity contribution in [3.05, 3.63) is 197 Å². The van der Waals surface area contributed by atoms with Crippen molar-refractivity contribution in [3.63, 3.8) is 0 Å². The highest BCUT2D eigenvalue weighted by Crippen LogP contribution is 2.41. The second kappa shape index (κ2) is 34.0. The first-order valence-electron chi connectivity index (χ1n) is 39.1. The number of aryl methyl sites for hydroxylation is 3. The van der Waals surface area contributed by atoms with Crippen LogP contribution < -0.4 is 50.2 Å². The SMILES string of the molecule is CCN1CCN(c2ccc(Nc3ncnc(Oc4ccc5[nH]c(C)cc5c4F)c3C(=O)N3CCC3)cc2F)CC1.Cc1cc2c(F)c(Oc3ncnc(Nc4ccc(N5CCN(C)CC5)c(F)c4)c3C(=O)N3CCC3)ccc2[nH]1.Cc1cc2c(F)c(Oc3ncnc(Nc4ccc(N5CCNCC5)c(F)c4)c3C(=O)N3CCC3)ccc2[nH]1. The highest BCUT2D eigenvalue weighted by molar-refractivity contribution is 6.04. The topological polar surface area (TPSA) is 278 Å². The van der Waals surface area contributed by atoms with Gasteiger partial charge in [-0.15, -0.1) is 0 Å². The van der Waals surface area contributed by atoms with E-state index in [0.29, 0.717) is 106 Å². The molecule has 18 rings (SSSR count). The summed E-state index contributed by atoms with van der Waals surface area (Å²) in [5, 5.41) is 13.6. The fraction of sp³-hybridized carbons (Fsp3) is 0.321. The van der Waals surface area contributed by atoms with Gasteiger partial charge in [-0.3, -0.25) is 14.4 Å². The number of likely N-dealkylation sites (N-methyl/N-ethyl adjacent to an activating group) is 2. The first-order chi connectivity index (χ1) is 56.7. The van der Waals surface area contributed by atoms with Crippen molar-refractivity contribution >= 4 is 102 Å². The lowest BCUT2D eigenvalue weighted by atomic mass is 10.1. The summed E-state index contributed by atoms with van der Waals surface area (Å²) in [7, 11) is 2.05. The van der Waals surface area contributed by atoms with Crippen LogP contribution in [0.25, 0.3) is 32.7 Å². The second-order valence-corrected chi connectivity index (χ2v) is 29.6. The summed E-state index contributed by atoms with van der Waals surface area (Å²) in [6, 6.07) is 29.3. The molecule has 0 bridgehead atoms. The molecule has 7 N–H and O–H groups in total. The van der Waals surface area contributed by atoms with Crippen LogP contribution in [0.1, 0.15) is 74.3 Å². The molecule has 6 aliphatic rings. The number of benzene rings is 6. The molecule has 6 aliphatic heterocycles. The van der Waals surface area contributed by atoms with Crippen LogP contribution in [-0.2, 0) is 0 Å². The van der Waals surface area contributed by atoms with E-state index in [1.54, 1.807) is 87.5 Å². The number of piperazine rings is 3. The molecule has 0 radical (unpaired) electrons. The molecule has 6 aromatic carbocycles. The van der Waals surface area contributed by atoms with Gasteiger partial charge in [-0.25, -0.2) is 56.2 Å². The number of fused-ring (bicyclic) bond motifs is 3. The minimum absolute atomic E-state index is 0.0588. The predicted molar refractivity (Wildman–Crippen MR) is 435 cm³/mol. The largest absolute Gasteiger partial charge is 0.435 e. The number of hydrogen-bond acceptors (Lipinski definition) is 21. The van der Waals surface area contributed by atoms with Gasteiger partial charge in [0.25, 0.3) is 17.7 Å². The molecular formula is C84H87F6N21O6. The van der Waals surface area contributed by atoms with Gasteiger partial charge in [0, 0.05) is 185 Å². The van der Waals surface area contributed by atoms with Crippen LogP contribution in [0.5, 0.6) is 34.9 Å². The Labute approximate surface area is 669 Å². The Morgan fingerprint density at radius 3 is 1.01 bits per heavy atom. The van der Waals surface area contributed by atoms with E-state index >= 15 is 26.3 Å². The maximum Gasteiger partial charge on any atom is 0.263 e. The molecule has 6 fully saturated rings. The van der Waals surface area contributed by atoms with Crippen LogP contribution in [0.2, 0.25) is 0 Å². The number of rotatable bonds is 19. The number of carbonyl (C=O) groups excluding carboxylic acids is 3. The van der Waals surface area contributed by atoms with Gasteiger partial charge in [0.05, 0.1) is 17.1 Å². The third kappa shape index (κ3) is 16.8. The van der Waals surface area contributed by atoms with Gasteiger partial charge in [-0.05, 0) is 163 Å². The van der Waals surface area contributed by atoms with Gasteiger partial charge in [0.15, 0.2) is 52.2 Å². The minimum atomic E-state index is -0.562. The Morgan fingerprint density at radius 2 is 0.709 bits per heavy atom. The molecule has 0 atom stereocenters. The zero-order valence-corrected chi connectivity index (χ0v) is 65.2. The summed E-state index contributed by atoms with van der Waals surface area (Å²) >= 11 is 0. The molecule has 0 unspecified atom stereocenters. The normalized spacial score (nSPS) is 15.7.